The van der Waals surface area contributed by atoms with E-state index in [1.165, 1.54) is 4.90 Å². The molecule has 2 fully saturated rings. The molecule has 2 aliphatic heterocycles. The van der Waals surface area contributed by atoms with Crippen LogP contribution in [0.15, 0.2) is 30.5 Å². The van der Waals surface area contributed by atoms with Crippen molar-refractivity contribution < 1.29 is 33.9 Å². The van der Waals surface area contributed by atoms with Gasteiger partial charge >= 0.3 is 5.97 Å². The van der Waals surface area contributed by atoms with E-state index in [2.05, 4.69) is 26.3 Å². The third-order valence-corrected chi connectivity index (χ3v) is 8.70. The van der Waals surface area contributed by atoms with E-state index in [0.29, 0.717) is 19.3 Å². The van der Waals surface area contributed by atoms with Crippen molar-refractivity contribution in [3.8, 4) is 0 Å². The van der Waals surface area contributed by atoms with E-state index in [0.717, 1.165) is 16.5 Å². The number of aromatic nitrogens is 1. The highest BCUT2D eigenvalue weighted by Gasteiger charge is 2.41. The van der Waals surface area contributed by atoms with E-state index in [9.17, 15) is 33.9 Å². The highest BCUT2D eigenvalue weighted by Crippen LogP contribution is 2.22. The molecule has 2 saturated heterocycles. The second kappa shape index (κ2) is 14.6. The van der Waals surface area contributed by atoms with Gasteiger partial charge in [0.1, 0.15) is 30.2 Å². The summed E-state index contributed by atoms with van der Waals surface area (Å²) >= 11 is 0. The van der Waals surface area contributed by atoms with Crippen LogP contribution in [0.3, 0.4) is 0 Å². The molecule has 0 bridgehead atoms. The molecule has 0 aliphatic carbocycles. The van der Waals surface area contributed by atoms with Crippen molar-refractivity contribution in [1.29, 1.82) is 0 Å². The first kappa shape index (κ1) is 33.5. The third-order valence-electron chi connectivity index (χ3n) is 8.70. The predicted octanol–water partition coefficient (Wildman–Crippen LogP) is 1.22. The quantitative estimate of drug-likeness (QED) is 0.254. The highest BCUT2D eigenvalue weighted by atomic mass is 16.4. The van der Waals surface area contributed by atoms with Crippen LogP contribution in [0.25, 0.3) is 10.9 Å². The van der Waals surface area contributed by atoms with Crippen molar-refractivity contribution in [3.63, 3.8) is 0 Å². The minimum absolute atomic E-state index is 0.00900. The Morgan fingerprint density at radius 1 is 0.911 bits per heavy atom. The van der Waals surface area contributed by atoms with Crippen molar-refractivity contribution in [2.75, 3.05) is 6.54 Å². The number of amides is 5. The molecule has 5 amide bonds. The van der Waals surface area contributed by atoms with Gasteiger partial charge in [0.05, 0.1) is 6.42 Å². The van der Waals surface area contributed by atoms with Crippen molar-refractivity contribution in [2.45, 2.75) is 96.4 Å². The van der Waals surface area contributed by atoms with Gasteiger partial charge in [-0.1, -0.05) is 52.3 Å². The summed E-state index contributed by atoms with van der Waals surface area (Å²) in [4.78, 5) is 84.9. The minimum atomic E-state index is -1.48. The number of nitrogens with zero attached hydrogens (tertiary/aromatic N) is 1. The van der Waals surface area contributed by atoms with Crippen LogP contribution in [0.2, 0.25) is 0 Å². The van der Waals surface area contributed by atoms with Crippen LogP contribution in [0.5, 0.6) is 0 Å². The van der Waals surface area contributed by atoms with E-state index < -0.39 is 72.1 Å². The lowest BCUT2D eigenvalue weighted by molar-refractivity contribution is -0.146. The van der Waals surface area contributed by atoms with Crippen LogP contribution in [-0.4, -0.2) is 87.2 Å². The first-order valence-electron chi connectivity index (χ1n) is 15.7. The molecule has 0 unspecified atom stereocenters. The van der Waals surface area contributed by atoms with Gasteiger partial charge in [-0.2, -0.15) is 0 Å². The van der Waals surface area contributed by atoms with Gasteiger partial charge in [-0.25, -0.2) is 0 Å². The Hall–Kier alpha value is -4.42. The van der Waals surface area contributed by atoms with Gasteiger partial charge in [-0.15, -0.1) is 0 Å². The van der Waals surface area contributed by atoms with Crippen LogP contribution in [-0.2, 0) is 35.2 Å². The SMILES string of the molecule is CC[C@@H](C)[C@@H]1NC(=O)[C@H]2CCCN2C(=O)[C@H](CC(=O)O)NC(=O)[C@H](Cc2c[nH]c3ccccc23)NC(=O)[C@@H](CC(C)C)NC1=O. The molecule has 4 rings (SSSR count). The Labute approximate surface area is 262 Å². The van der Waals surface area contributed by atoms with Gasteiger partial charge in [0, 0.05) is 30.1 Å². The average molecular weight is 625 g/mol. The zero-order valence-corrected chi connectivity index (χ0v) is 26.2. The number of aromatic amines is 1. The van der Waals surface area contributed by atoms with E-state index in [-0.39, 0.29) is 31.2 Å². The normalized spacial score (nSPS) is 25.9. The number of nitrogens with one attached hydrogen (secondary N) is 5. The number of benzene rings is 1. The van der Waals surface area contributed by atoms with E-state index >= 15 is 0 Å². The fourth-order valence-electron chi connectivity index (χ4n) is 6.07. The second-order valence-electron chi connectivity index (χ2n) is 12.5. The summed E-state index contributed by atoms with van der Waals surface area (Å²) in [5.74, 6) is -4.77. The van der Waals surface area contributed by atoms with Crippen molar-refractivity contribution >= 4 is 46.4 Å². The number of carbonyl (C=O) groups excluding carboxylic acids is 5. The Morgan fingerprint density at radius 2 is 1.58 bits per heavy atom. The van der Waals surface area contributed by atoms with Crippen LogP contribution in [0.4, 0.5) is 0 Å². The van der Waals surface area contributed by atoms with Gasteiger partial charge in [-0.3, -0.25) is 28.8 Å². The molecule has 13 nitrogen and oxygen atoms in total. The number of hydrogen-bond donors (Lipinski definition) is 6. The molecule has 244 valence electrons. The number of rotatable bonds is 8. The Morgan fingerprint density at radius 3 is 2.27 bits per heavy atom. The lowest BCUT2D eigenvalue weighted by atomic mass is 9.96. The maximum atomic E-state index is 13.9. The molecular weight excluding hydrogens is 580 g/mol. The van der Waals surface area contributed by atoms with E-state index in [1.54, 1.807) is 6.20 Å². The van der Waals surface area contributed by atoms with Gasteiger partial charge in [0.2, 0.25) is 29.5 Å². The molecule has 2 aromatic rings. The topological polar surface area (TPSA) is 190 Å². The number of carbonyl (C=O) groups is 6. The van der Waals surface area contributed by atoms with Gasteiger partial charge in [0.25, 0.3) is 0 Å². The van der Waals surface area contributed by atoms with Crippen molar-refractivity contribution in [3.05, 3.63) is 36.0 Å². The summed E-state index contributed by atoms with van der Waals surface area (Å²) in [5.41, 5.74) is 1.55. The number of fused-ring (bicyclic) bond motifs is 2. The molecular formula is C32H44N6O7. The van der Waals surface area contributed by atoms with Crippen molar-refractivity contribution in [2.24, 2.45) is 11.8 Å². The summed E-state index contributed by atoms with van der Waals surface area (Å²) in [6, 6.07) is 1.82. The number of para-hydroxylation sites is 1. The number of aliphatic carboxylic acids is 1. The number of carboxylic acid groups (broad SMARTS) is 1. The maximum Gasteiger partial charge on any atom is 0.305 e. The Balaban J connectivity index is 1.77. The van der Waals surface area contributed by atoms with Crippen molar-refractivity contribution in [1.82, 2.24) is 31.2 Å². The van der Waals surface area contributed by atoms with Gasteiger partial charge in [0.15, 0.2) is 0 Å². The summed E-state index contributed by atoms with van der Waals surface area (Å²) in [5, 5.41) is 21.5. The predicted molar refractivity (Wildman–Crippen MR) is 166 cm³/mol. The fourth-order valence-corrected chi connectivity index (χ4v) is 6.07. The Bertz CT molecular complexity index is 1440. The summed E-state index contributed by atoms with van der Waals surface area (Å²) in [6.45, 7) is 7.68. The molecule has 45 heavy (non-hydrogen) atoms. The zero-order chi connectivity index (χ0) is 32.8. The Kier molecular flexibility index (Phi) is 10.8. The largest absolute Gasteiger partial charge is 0.481 e. The summed E-state index contributed by atoms with van der Waals surface area (Å²) < 4.78 is 0. The molecule has 3 heterocycles. The molecule has 1 aromatic carbocycles. The minimum Gasteiger partial charge on any atom is -0.481 e. The zero-order valence-electron chi connectivity index (χ0n) is 26.2. The van der Waals surface area contributed by atoms with E-state index in [1.807, 2.05) is 52.0 Å². The van der Waals surface area contributed by atoms with Crippen LogP contribution < -0.4 is 21.3 Å². The highest BCUT2D eigenvalue weighted by molar-refractivity contribution is 5.99. The monoisotopic (exact) mass is 624 g/mol. The fraction of sp³-hybridized carbons (Fsp3) is 0.562. The van der Waals surface area contributed by atoms with Crippen LogP contribution in [0, 0.1) is 11.8 Å². The molecule has 0 spiro atoms. The smallest absolute Gasteiger partial charge is 0.305 e. The average Bonchev–Trinajstić information content (AvgIpc) is 3.65. The molecule has 6 atom stereocenters. The van der Waals surface area contributed by atoms with E-state index in [4.69, 9.17) is 0 Å². The molecule has 13 heteroatoms. The maximum absolute atomic E-state index is 13.9. The van der Waals surface area contributed by atoms with Gasteiger partial charge in [-0.05, 0) is 42.7 Å². The van der Waals surface area contributed by atoms with Crippen LogP contribution in [0.1, 0.15) is 65.4 Å². The molecule has 1 aromatic heterocycles. The van der Waals surface area contributed by atoms with Gasteiger partial charge < -0.3 is 36.3 Å². The number of H-pyrrole nitrogens is 1. The lowest BCUT2D eigenvalue weighted by Crippen LogP contribution is -2.59. The molecule has 0 radical (unpaired) electrons. The number of carboxylic acids is 1. The third kappa shape index (κ3) is 8.00. The summed E-state index contributed by atoms with van der Waals surface area (Å²) in [6.07, 6.45) is 2.67. The van der Waals surface area contributed by atoms with Crippen LogP contribution >= 0.6 is 0 Å². The molecule has 0 saturated carbocycles. The number of hydrogen-bond acceptors (Lipinski definition) is 6. The first-order chi connectivity index (χ1) is 21.4. The summed E-state index contributed by atoms with van der Waals surface area (Å²) in [7, 11) is 0. The first-order valence-corrected chi connectivity index (χ1v) is 15.7. The lowest BCUT2D eigenvalue weighted by Gasteiger charge is -2.31. The molecule has 6 N–H and O–H groups in total. The molecule has 2 aliphatic rings. The second-order valence-corrected chi connectivity index (χ2v) is 12.5. The standard InChI is InChI=1S/C32H44N6O7/c1-5-18(4)27-31(44)35-22(13-17(2)3)28(41)34-23(14-19-16-33-21-10-7-6-9-20(19)21)29(42)36-24(15-26(39)40)32(45)38-12-8-11-25(38)30(43)37-27/h6-7,9-10,16-18,22-25,27,33H,5,8,11-15H2,1-4H3,(H,34,41)(H,35,44)(H,36,42)(H,37,43)(H,39,40)/t18-,22-,23+,24+,25-,27+/m1/s1.